The summed E-state index contributed by atoms with van der Waals surface area (Å²) in [6.45, 7) is 0.183. The lowest BCUT2D eigenvalue weighted by Crippen LogP contribution is -2.12. The van der Waals surface area contributed by atoms with Gasteiger partial charge in [-0.1, -0.05) is 35.9 Å². The quantitative estimate of drug-likeness (QED) is 0.715. The molecule has 1 amide bonds. The van der Waals surface area contributed by atoms with Gasteiger partial charge in [0, 0.05) is 0 Å². The van der Waals surface area contributed by atoms with Crippen molar-refractivity contribution in [3.63, 3.8) is 0 Å². The van der Waals surface area contributed by atoms with Crippen LogP contribution in [0.15, 0.2) is 65.1 Å². The number of ether oxygens (including phenoxy) is 1. The number of amides is 1. The number of hydrogen-bond donors (Lipinski definition) is 1. The highest BCUT2D eigenvalue weighted by molar-refractivity contribution is 6.31. The van der Waals surface area contributed by atoms with E-state index in [2.05, 4.69) is 5.32 Å². The van der Waals surface area contributed by atoms with Crippen molar-refractivity contribution >= 4 is 23.2 Å². The Labute approximate surface area is 142 Å². The van der Waals surface area contributed by atoms with E-state index >= 15 is 0 Å². The molecule has 24 heavy (non-hydrogen) atoms. The molecule has 1 heterocycles. The molecule has 1 N–H and O–H groups in total. The topological polar surface area (TPSA) is 51.5 Å². The average Bonchev–Trinajstić information content (AvgIpc) is 3.07. The van der Waals surface area contributed by atoms with Gasteiger partial charge in [0.05, 0.1) is 10.7 Å². The van der Waals surface area contributed by atoms with E-state index in [4.69, 9.17) is 20.8 Å². The molecule has 3 rings (SSSR count). The molecule has 6 heteroatoms. The smallest absolute Gasteiger partial charge is 0.291 e. The zero-order valence-corrected chi connectivity index (χ0v) is 13.2. The lowest BCUT2D eigenvalue weighted by Gasteiger charge is -2.06. The Bertz CT molecular complexity index is 848. The van der Waals surface area contributed by atoms with Gasteiger partial charge in [0.25, 0.3) is 5.91 Å². The fourth-order valence-corrected chi connectivity index (χ4v) is 2.21. The molecule has 0 aliphatic carbocycles. The molecule has 0 fully saturated rings. The van der Waals surface area contributed by atoms with Crippen LogP contribution in [0.25, 0.3) is 0 Å². The first-order valence-corrected chi connectivity index (χ1v) is 7.53. The van der Waals surface area contributed by atoms with Crippen LogP contribution in [0.2, 0.25) is 5.02 Å². The van der Waals surface area contributed by atoms with Crippen molar-refractivity contribution in [2.24, 2.45) is 0 Å². The maximum absolute atomic E-state index is 13.8. The number of carbonyl (C=O) groups excluding carboxylic acids is 1. The Hall–Kier alpha value is -2.79. The van der Waals surface area contributed by atoms with Gasteiger partial charge in [-0.05, 0) is 36.4 Å². The molecule has 1 aromatic heterocycles. The van der Waals surface area contributed by atoms with Crippen molar-refractivity contribution in [2.75, 3.05) is 5.32 Å². The summed E-state index contributed by atoms with van der Waals surface area (Å²) >= 11 is 5.68. The van der Waals surface area contributed by atoms with Crippen molar-refractivity contribution in [3.8, 4) is 5.75 Å². The highest BCUT2D eigenvalue weighted by atomic mass is 35.5. The van der Waals surface area contributed by atoms with E-state index in [1.807, 2.05) is 30.3 Å². The Morgan fingerprint density at radius 3 is 2.67 bits per heavy atom. The highest BCUT2D eigenvalue weighted by Crippen LogP contribution is 2.23. The Balaban J connectivity index is 1.64. The summed E-state index contributed by atoms with van der Waals surface area (Å²) in [5.74, 6) is -0.0219. The van der Waals surface area contributed by atoms with E-state index in [1.54, 1.807) is 12.1 Å². The van der Waals surface area contributed by atoms with Crippen LogP contribution in [0.5, 0.6) is 5.75 Å². The molecule has 3 aromatic rings. The van der Waals surface area contributed by atoms with Gasteiger partial charge in [-0.15, -0.1) is 0 Å². The van der Waals surface area contributed by atoms with Gasteiger partial charge in [-0.3, -0.25) is 4.79 Å². The van der Waals surface area contributed by atoms with E-state index < -0.39 is 11.7 Å². The van der Waals surface area contributed by atoms with E-state index in [0.717, 1.165) is 0 Å². The summed E-state index contributed by atoms with van der Waals surface area (Å²) in [5.41, 5.74) is -0.00835. The number of hydrogen-bond acceptors (Lipinski definition) is 3. The normalized spacial score (nSPS) is 10.4. The van der Waals surface area contributed by atoms with E-state index in [0.29, 0.717) is 11.5 Å². The molecular formula is C18H13ClFNO3. The van der Waals surface area contributed by atoms with Crippen molar-refractivity contribution in [2.45, 2.75) is 6.61 Å². The third kappa shape index (κ3) is 3.75. The number of furan rings is 1. The summed E-state index contributed by atoms with van der Waals surface area (Å²) in [5, 5.41) is 2.36. The van der Waals surface area contributed by atoms with Crippen molar-refractivity contribution in [1.29, 1.82) is 0 Å². The predicted molar refractivity (Wildman–Crippen MR) is 88.8 cm³/mol. The van der Waals surface area contributed by atoms with Gasteiger partial charge < -0.3 is 14.5 Å². The molecule has 2 aromatic carbocycles. The van der Waals surface area contributed by atoms with Crippen LogP contribution in [0.1, 0.15) is 16.3 Å². The van der Waals surface area contributed by atoms with Crippen LogP contribution >= 0.6 is 11.6 Å². The van der Waals surface area contributed by atoms with Crippen LogP contribution < -0.4 is 10.1 Å². The number of benzene rings is 2. The van der Waals surface area contributed by atoms with Gasteiger partial charge in [0.15, 0.2) is 11.6 Å². The molecule has 0 spiro atoms. The van der Waals surface area contributed by atoms with Gasteiger partial charge in [0.1, 0.15) is 18.1 Å². The van der Waals surface area contributed by atoms with Crippen LogP contribution in [-0.2, 0) is 6.61 Å². The molecule has 0 radical (unpaired) electrons. The maximum Gasteiger partial charge on any atom is 0.291 e. The minimum absolute atomic E-state index is 0.00835. The Morgan fingerprint density at radius 2 is 1.88 bits per heavy atom. The maximum atomic E-state index is 13.8. The summed E-state index contributed by atoms with van der Waals surface area (Å²) < 4.78 is 24.7. The molecule has 0 bridgehead atoms. The van der Waals surface area contributed by atoms with E-state index in [9.17, 15) is 9.18 Å². The summed E-state index contributed by atoms with van der Waals surface area (Å²) in [6.07, 6.45) is 0. The lowest BCUT2D eigenvalue weighted by molar-refractivity contribution is 0.0992. The molecule has 4 nitrogen and oxygen atoms in total. The first-order valence-electron chi connectivity index (χ1n) is 7.15. The minimum atomic E-state index is -0.688. The molecular weight excluding hydrogens is 333 g/mol. The zero-order valence-electron chi connectivity index (χ0n) is 12.5. The first kappa shape index (κ1) is 16.1. The van der Waals surface area contributed by atoms with Gasteiger partial charge in [-0.25, -0.2) is 4.39 Å². The van der Waals surface area contributed by atoms with Crippen LogP contribution in [0.4, 0.5) is 10.1 Å². The summed E-state index contributed by atoms with van der Waals surface area (Å²) in [7, 11) is 0. The first-order chi connectivity index (χ1) is 11.6. The standard InChI is InChI=1S/C18H13ClFNO3/c19-14-7-4-8-15(17(14)20)21-18(22)16-10-9-13(24-16)11-23-12-5-2-1-3-6-12/h1-10H,11H2,(H,21,22). The van der Waals surface area contributed by atoms with Crippen LogP contribution in [-0.4, -0.2) is 5.91 Å². The SMILES string of the molecule is O=C(Nc1cccc(Cl)c1F)c1ccc(COc2ccccc2)o1. The van der Waals surface area contributed by atoms with E-state index in [1.165, 1.54) is 18.2 Å². The minimum Gasteiger partial charge on any atom is -0.486 e. The Kier molecular flexibility index (Phi) is 4.82. The summed E-state index contributed by atoms with van der Waals surface area (Å²) in [4.78, 5) is 12.1. The number of halogens is 2. The summed E-state index contributed by atoms with van der Waals surface area (Å²) in [6, 6.07) is 16.7. The second-order valence-corrected chi connectivity index (χ2v) is 5.33. The molecule has 0 atom stereocenters. The van der Waals surface area contributed by atoms with Crippen molar-refractivity contribution < 1.29 is 18.3 Å². The number of rotatable bonds is 5. The van der Waals surface area contributed by atoms with Gasteiger partial charge in [-0.2, -0.15) is 0 Å². The monoisotopic (exact) mass is 345 g/mol. The number of para-hydroxylation sites is 1. The molecule has 0 aliphatic heterocycles. The largest absolute Gasteiger partial charge is 0.486 e. The molecule has 0 saturated carbocycles. The van der Waals surface area contributed by atoms with Crippen LogP contribution in [0.3, 0.4) is 0 Å². The number of carbonyl (C=O) groups is 1. The second-order valence-electron chi connectivity index (χ2n) is 4.92. The highest BCUT2D eigenvalue weighted by Gasteiger charge is 2.15. The third-order valence-corrected chi connectivity index (χ3v) is 3.50. The zero-order chi connectivity index (χ0) is 16.9. The number of nitrogens with one attached hydrogen (secondary N) is 1. The number of anilines is 1. The second kappa shape index (κ2) is 7.19. The molecule has 0 saturated heterocycles. The average molecular weight is 346 g/mol. The molecule has 0 unspecified atom stereocenters. The predicted octanol–water partition coefficient (Wildman–Crippen LogP) is 4.90. The fraction of sp³-hybridized carbons (Fsp3) is 0.0556. The van der Waals surface area contributed by atoms with E-state index in [-0.39, 0.29) is 23.1 Å². The molecule has 122 valence electrons. The lowest BCUT2D eigenvalue weighted by atomic mass is 10.3. The van der Waals surface area contributed by atoms with Crippen LogP contribution in [0, 0.1) is 5.82 Å². The molecule has 0 aliphatic rings. The Morgan fingerprint density at radius 1 is 1.08 bits per heavy atom. The van der Waals surface area contributed by atoms with Crippen molar-refractivity contribution in [3.05, 3.63) is 83.0 Å². The third-order valence-electron chi connectivity index (χ3n) is 3.21. The van der Waals surface area contributed by atoms with Gasteiger partial charge >= 0.3 is 0 Å². The fourth-order valence-electron chi connectivity index (χ4n) is 2.03. The van der Waals surface area contributed by atoms with Crippen molar-refractivity contribution in [1.82, 2.24) is 0 Å². The van der Waals surface area contributed by atoms with Gasteiger partial charge in [0.2, 0.25) is 0 Å².